The topological polar surface area (TPSA) is 160 Å². The van der Waals surface area contributed by atoms with Crippen molar-refractivity contribution in [3.05, 3.63) is 99.6 Å². The molecule has 0 saturated carbocycles. The minimum atomic E-state index is -3.67. The molecule has 1 unspecified atom stereocenters. The van der Waals surface area contributed by atoms with Gasteiger partial charge in [-0.1, -0.05) is 49.4 Å². The predicted octanol–water partition coefficient (Wildman–Crippen LogP) is 4.95. The minimum absolute atomic E-state index is 0.0230. The summed E-state index contributed by atoms with van der Waals surface area (Å²) in [7, 11) is -3.67. The molecular formula is C37H41FN4O9Si. The maximum absolute atomic E-state index is 16.4. The zero-order valence-corrected chi connectivity index (χ0v) is 30.4. The number of nitro benzene ring substituents is 1. The number of esters is 1. The van der Waals surface area contributed by atoms with Crippen LogP contribution in [-0.2, 0) is 47.3 Å². The first-order chi connectivity index (χ1) is 24.6. The number of non-ortho nitro benzene ring substituents is 1. The number of carbonyl (C=O) groups excluding carboxylic acids is 4. The number of fused-ring (bicyclic) bond motifs is 2. The number of nitro groups is 1. The summed E-state index contributed by atoms with van der Waals surface area (Å²) in [5, 5.41) is 21.7. The zero-order chi connectivity index (χ0) is 37.5. The number of ether oxygens (including phenoxy) is 2. The van der Waals surface area contributed by atoms with Crippen molar-refractivity contribution < 1.29 is 42.8 Å². The van der Waals surface area contributed by atoms with Gasteiger partial charge >= 0.3 is 5.97 Å². The number of aliphatic hydroxyl groups is 1. The molecule has 274 valence electrons. The van der Waals surface area contributed by atoms with Crippen molar-refractivity contribution in [3.63, 3.8) is 0 Å². The lowest BCUT2D eigenvalue weighted by molar-refractivity contribution is -0.385. The molecule has 5 atom stereocenters. The summed E-state index contributed by atoms with van der Waals surface area (Å²) in [5.41, 5.74) is -0.295. The number of benzene rings is 3. The minimum Gasteiger partial charge on any atom is -0.441 e. The monoisotopic (exact) mass is 732 g/mol. The average Bonchev–Trinajstić information content (AvgIpc) is 3.51. The highest BCUT2D eigenvalue weighted by atomic mass is 28.4. The number of carbonyl (C=O) groups is 4. The van der Waals surface area contributed by atoms with Crippen LogP contribution in [0.25, 0.3) is 0 Å². The Hall–Kier alpha value is -4.99. The first-order valence-corrected chi connectivity index (χ1v) is 20.1. The van der Waals surface area contributed by atoms with Gasteiger partial charge in [0.15, 0.2) is 11.8 Å². The van der Waals surface area contributed by atoms with Gasteiger partial charge in [-0.2, -0.15) is 0 Å². The van der Waals surface area contributed by atoms with Crippen LogP contribution in [0.2, 0.25) is 18.6 Å². The van der Waals surface area contributed by atoms with Gasteiger partial charge in [-0.15, -0.1) is 0 Å². The van der Waals surface area contributed by atoms with Crippen molar-refractivity contribution in [1.29, 1.82) is 0 Å². The molecule has 13 nitrogen and oxygen atoms in total. The van der Waals surface area contributed by atoms with Crippen LogP contribution >= 0.6 is 0 Å². The van der Waals surface area contributed by atoms with E-state index in [1.807, 2.05) is 30.3 Å². The van der Waals surface area contributed by atoms with Crippen LogP contribution in [0.4, 0.5) is 21.2 Å². The Bertz CT molecular complexity index is 1890. The Balaban J connectivity index is 1.32. The van der Waals surface area contributed by atoms with E-state index in [0.29, 0.717) is 16.9 Å². The van der Waals surface area contributed by atoms with E-state index in [1.165, 1.54) is 52.9 Å². The van der Waals surface area contributed by atoms with Crippen molar-refractivity contribution in [3.8, 4) is 0 Å². The summed E-state index contributed by atoms with van der Waals surface area (Å²) in [6.07, 6.45) is -1.91. The molecule has 3 heterocycles. The summed E-state index contributed by atoms with van der Waals surface area (Å²) in [6.45, 7) is 5.98. The Morgan fingerprint density at radius 2 is 1.79 bits per heavy atom. The molecule has 52 heavy (non-hydrogen) atoms. The van der Waals surface area contributed by atoms with E-state index in [2.05, 4.69) is 0 Å². The Morgan fingerprint density at radius 3 is 2.38 bits per heavy atom. The van der Waals surface area contributed by atoms with Crippen LogP contribution in [0.1, 0.15) is 43.4 Å². The van der Waals surface area contributed by atoms with E-state index in [9.17, 15) is 34.4 Å². The van der Waals surface area contributed by atoms with Crippen molar-refractivity contribution >= 4 is 49.2 Å². The average molecular weight is 733 g/mol. The third-order valence-electron chi connectivity index (χ3n) is 10.2. The number of hydrogen-bond acceptors (Lipinski definition) is 9. The molecule has 3 aliphatic rings. The van der Waals surface area contributed by atoms with Gasteiger partial charge in [0.2, 0.25) is 20.2 Å². The summed E-state index contributed by atoms with van der Waals surface area (Å²) in [6, 6.07) is 20.1. The van der Waals surface area contributed by atoms with Gasteiger partial charge in [0.25, 0.3) is 11.6 Å². The fourth-order valence-electron chi connectivity index (χ4n) is 7.95. The standard InChI is InChI=1S/C37H41FN4O9Si/c1-23-35(52(3,4)38)31(19-32(45)39(16-17-43)21-25-8-6-5-7-9-25)51-37(23)29-18-28(42(48)49)14-15-30(29)40(36(37)47)22-26-10-12-27(13-11-26)41-33(46)20-34(41)50-24(2)44/h5-15,18,23,31,34-35,43H,16-17,19-22H2,1-4H3/t23-,31+,34?,35-,37+/m0/s1. The summed E-state index contributed by atoms with van der Waals surface area (Å²) in [4.78, 5) is 68.1. The van der Waals surface area contributed by atoms with E-state index in [4.69, 9.17) is 9.47 Å². The smallest absolute Gasteiger partial charge is 0.304 e. The van der Waals surface area contributed by atoms with E-state index in [0.717, 1.165) is 5.56 Å². The second-order valence-corrected chi connectivity index (χ2v) is 17.8. The molecule has 2 fully saturated rings. The molecule has 0 aromatic heterocycles. The molecule has 1 N–H and O–H groups in total. The van der Waals surface area contributed by atoms with Crippen molar-refractivity contribution in [1.82, 2.24) is 4.90 Å². The molecule has 6 rings (SSSR count). The van der Waals surface area contributed by atoms with Gasteiger partial charge in [0, 0.05) is 54.9 Å². The SMILES string of the molecule is CC(=O)OC1CC(=O)N1c1ccc(CN2C(=O)[C@]3(O[C@H](CC(=O)N(CCO)Cc4ccccc4)[C@@H]([Si](C)(C)F)[C@@H]3C)c3cc([N+](=O)[O-])ccc32)cc1. The van der Waals surface area contributed by atoms with E-state index >= 15 is 4.11 Å². The number of β-lactam (4-membered cyclic amide) rings is 1. The van der Waals surface area contributed by atoms with Crippen molar-refractivity contribution in [2.24, 2.45) is 5.92 Å². The molecule has 0 radical (unpaired) electrons. The molecule has 3 amide bonds. The number of anilines is 2. The second-order valence-electron chi connectivity index (χ2n) is 14.0. The van der Waals surface area contributed by atoms with E-state index in [-0.39, 0.29) is 62.1 Å². The van der Waals surface area contributed by atoms with Gasteiger partial charge in [-0.25, -0.2) is 0 Å². The Morgan fingerprint density at radius 1 is 1.10 bits per heavy atom. The molecule has 1 spiro atoms. The van der Waals surface area contributed by atoms with Gasteiger partial charge in [-0.05, 0) is 42.4 Å². The van der Waals surface area contributed by atoms with Crippen molar-refractivity contribution in [2.45, 2.75) is 76.3 Å². The van der Waals surface area contributed by atoms with Crippen molar-refractivity contribution in [2.75, 3.05) is 23.0 Å². The Kier molecular flexibility index (Phi) is 10.0. The van der Waals surface area contributed by atoms with Gasteiger partial charge in [0.05, 0.1) is 42.7 Å². The van der Waals surface area contributed by atoms with Crippen LogP contribution in [0, 0.1) is 16.0 Å². The highest BCUT2D eigenvalue weighted by Crippen LogP contribution is 2.60. The fraction of sp³-hybridized carbons (Fsp3) is 0.405. The largest absolute Gasteiger partial charge is 0.441 e. The van der Waals surface area contributed by atoms with Crippen LogP contribution in [-0.4, -0.2) is 72.5 Å². The van der Waals surface area contributed by atoms with Crippen LogP contribution in [0.5, 0.6) is 0 Å². The number of rotatable bonds is 12. The second kappa shape index (κ2) is 14.2. The lowest BCUT2D eigenvalue weighted by Gasteiger charge is -2.39. The number of hydrogen-bond donors (Lipinski definition) is 1. The highest BCUT2D eigenvalue weighted by molar-refractivity contribution is 6.72. The first kappa shape index (κ1) is 36.8. The number of amides is 3. The lowest BCUT2D eigenvalue weighted by Crippen LogP contribution is -2.54. The van der Waals surface area contributed by atoms with Gasteiger partial charge in [0.1, 0.15) is 0 Å². The molecule has 15 heteroatoms. The lowest BCUT2D eigenvalue weighted by atomic mass is 9.82. The normalized spacial score (nSPS) is 23.8. The third kappa shape index (κ3) is 6.71. The maximum Gasteiger partial charge on any atom is 0.304 e. The molecule has 2 saturated heterocycles. The van der Waals surface area contributed by atoms with Crippen LogP contribution in [0.3, 0.4) is 0 Å². The van der Waals surface area contributed by atoms with E-state index < -0.39 is 54.6 Å². The predicted molar refractivity (Wildman–Crippen MR) is 190 cm³/mol. The molecule has 0 aliphatic carbocycles. The summed E-state index contributed by atoms with van der Waals surface area (Å²) >= 11 is 0. The Labute approximate surface area is 301 Å². The molecule has 3 aliphatic heterocycles. The zero-order valence-electron chi connectivity index (χ0n) is 29.4. The van der Waals surface area contributed by atoms with Gasteiger partial charge < -0.3 is 28.5 Å². The van der Waals surface area contributed by atoms with Crippen LogP contribution in [0.15, 0.2) is 72.8 Å². The van der Waals surface area contributed by atoms with Crippen LogP contribution < -0.4 is 9.80 Å². The molecular weight excluding hydrogens is 692 g/mol. The summed E-state index contributed by atoms with van der Waals surface area (Å²) in [5.74, 6) is -2.42. The number of nitrogens with zero attached hydrogens (tertiary/aromatic N) is 4. The molecule has 3 aromatic carbocycles. The number of aliphatic hydroxyl groups excluding tert-OH is 1. The summed E-state index contributed by atoms with van der Waals surface area (Å²) < 4.78 is 28.3. The first-order valence-electron chi connectivity index (χ1n) is 17.1. The molecule has 0 bridgehead atoms. The highest BCUT2D eigenvalue weighted by Gasteiger charge is 2.67. The van der Waals surface area contributed by atoms with Gasteiger partial charge in [-0.3, -0.25) is 34.2 Å². The molecule has 3 aromatic rings. The quantitative estimate of drug-likeness (QED) is 0.0679. The third-order valence-corrected chi connectivity index (χ3v) is 12.7. The fourth-order valence-corrected chi connectivity index (χ4v) is 10.4. The maximum atomic E-state index is 16.4. The van der Waals surface area contributed by atoms with E-state index in [1.54, 1.807) is 31.2 Å². The number of halogens is 1.